The minimum Gasteiger partial charge on any atom is -0.479 e. The molecule has 1 aliphatic heterocycles. The highest BCUT2D eigenvalue weighted by Crippen LogP contribution is 2.30. The van der Waals surface area contributed by atoms with E-state index in [-0.39, 0.29) is 17.9 Å². The van der Waals surface area contributed by atoms with Gasteiger partial charge in [-0.1, -0.05) is 5.92 Å². The van der Waals surface area contributed by atoms with E-state index in [1.54, 1.807) is 12.1 Å². The summed E-state index contributed by atoms with van der Waals surface area (Å²) in [5, 5.41) is 2.13. The Hall–Kier alpha value is -2.46. The van der Waals surface area contributed by atoms with Crippen LogP contribution in [0, 0.1) is 25.3 Å². The van der Waals surface area contributed by atoms with Crippen molar-refractivity contribution in [2.75, 3.05) is 11.5 Å². The topological polar surface area (TPSA) is 75.7 Å². The van der Waals surface area contributed by atoms with Gasteiger partial charge in [0.05, 0.1) is 12.8 Å². The Morgan fingerprint density at radius 2 is 1.76 bits per heavy atom. The normalized spacial score (nSPS) is 15.3. The van der Waals surface area contributed by atoms with Crippen LogP contribution in [0.5, 0.6) is 5.75 Å². The van der Waals surface area contributed by atoms with Crippen molar-refractivity contribution in [2.24, 2.45) is 0 Å². The SMILES string of the molecule is C#CCOc1c(I)cc(C=C2C(=O)NC(=O)N(c3ccc(F)cc3)C2=O)cc1I. The molecule has 6 nitrogen and oxygen atoms in total. The van der Waals surface area contributed by atoms with Crippen LogP contribution in [0.2, 0.25) is 0 Å². The highest BCUT2D eigenvalue weighted by atomic mass is 127. The zero-order valence-electron chi connectivity index (χ0n) is 14.5. The number of carbonyl (C=O) groups is 3. The summed E-state index contributed by atoms with van der Waals surface area (Å²) in [6.07, 6.45) is 6.60. The molecule has 1 aliphatic rings. The Morgan fingerprint density at radius 3 is 2.34 bits per heavy atom. The average Bonchev–Trinajstić information content (AvgIpc) is 2.66. The highest BCUT2D eigenvalue weighted by molar-refractivity contribution is 14.1. The summed E-state index contributed by atoms with van der Waals surface area (Å²) in [5.41, 5.74) is 0.492. The summed E-state index contributed by atoms with van der Waals surface area (Å²) in [4.78, 5) is 38.1. The zero-order chi connectivity index (χ0) is 21.1. The molecule has 2 aromatic rings. The number of amides is 4. The first kappa shape index (κ1) is 21.3. The van der Waals surface area contributed by atoms with Crippen molar-refractivity contribution in [1.29, 1.82) is 0 Å². The molecule has 0 unspecified atom stereocenters. The molecule has 9 heteroatoms. The molecule has 29 heavy (non-hydrogen) atoms. The van der Waals surface area contributed by atoms with E-state index in [4.69, 9.17) is 11.2 Å². The molecule has 0 spiro atoms. The van der Waals surface area contributed by atoms with Gasteiger partial charge in [-0.15, -0.1) is 6.42 Å². The lowest BCUT2D eigenvalue weighted by Crippen LogP contribution is -2.54. The van der Waals surface area contributed by atoms with Gasteiger partial charge in [-0.2, -0.15) is 0 Å². The first-order valence-corrected chi connectivity index (χ1v) is 10.2. The first-order chi connectivity index (χ1) is 13.8. The minimum atomic E-state index is -0.897. The van der Waals surface area contributed by atoms with Crippen molar-refractivity contribution in [3.63, 3.8) is 0 Å². The van der Waals surface area contributed by atoms with Crippen LogP contribution in [-0.2, 0) is 9.59 Å². The highest BCUT2D eigenvalue weighted by Gasteiger charge is 2.36. The van der Waals surface area contributed by atoms with Crippen LogP contribution >= 0.6 is 45.2 Å². The van der Waals surface area contributed by atoms with Gasteiger partial charge in [0, 0.05) is 0 Å². The molecule has 0 saturated carbocycles. The van der Waals surface area contributed by atoms with Crippen molar-refractivity contribution >= 4 is 74.8 Å². The van der Waals surface area contributed by atoms with E-state index >= 15 is 0 Å². The van der Waals surface area contributed by atoms with Crippen LogP contribution in [-0.4, -0.2) is 24.5 Å². The van der Waals surface area contributed by atoms with Crippen molar-refractivity contribution in [1.82, 2.24) is 5.32 Å². The van der Waals surface area contributed by atoms with Gasteiger partial charge >= 0.3 is 6.03 Å². The van der Waals surface area contributed by atoms with Crippen LogP contribution in [0.15, 0.2) is 42.0 Å². The predicted octanol–water partition coefficient (Wildman–Crippen LogP) is 3.71. The molecule has 1 fully saturated rings. The van der Waals surface area contributed by atoms with E-state index in [0.29, 0.717) is 11.3 Å². The van der Waals surface area contributed by atoms with Crippen molar-refractivity contribution in [2.45, 2.75) is 0 Å². The molecule has 4 amide bonds. The first-order valence-electron chi connectivity index (χ1n) is 8.04. The number of carbonyl (C=O) groups excluding carboxylic acids is 3. The molecule has 0 aromatic heterocycles. The van der Waals surface area contributed by atoms with Crippen LogP contribution in [0.25, 0.3) is 6.08 Å². The Bertz CT molecular complexity index is 1070. The summed E-state index contributed by atoms with van der Waals surface area (Å²) < 4.78 is 20.2. The van der Waals surface area contributed by atoms with Gasteiger partial charge < -0.3 is 4.74 Å². The summed E-state index contributed by atoms with van der Waals surface area (Å²) in [5.74, 6) is 0.872. The molecular weight excluding hydrogens is 605 g/mol. The number of ether oxygens (including phenoxy) is 1. The molecule has 0 atom stereocenters. The lowest BCUT2D eigenvalue weighted by Gasteiger charge is -2.26. The number of rotatable bonds is 4. The number of nitrogens with one attached hydrogen (secondary N) is 1. The maximum absolute atomic E-state index is 13.2. The fourth-order valence-corrected chi connectivity index (χ4v) is 4.69. The van der Waals surface area contributed by atoms with Crippen LogP contribution in [0.4, 0.5) is 14.9 Å². The number of anilines is 1. The lowest BCUT2D eigenvalue weighted by molar-refractivity contribution is -0.122. The Labute approximate surface area is 192 Å². The monoisotopic (exact) mass is 616 g/mol. The maximum Gasteiger partial charge on any atom is 0.335 e. The van der Waals surface area contributed by atoms with Gasteiger partial charge in [-0.3, -0.25) is 14.9 Å². The number of imide groups is 2. The van der Waals surface area contributed by atoms with Gasteiger partial charge in [0.25, 0.3) is 11.8 Å². The molecular formula is C20H11FI2N2O4. The number of hydrogen-bond donors (Lipinski definition) is 1. The maximum atomic E-state index is 13.2. The molecule has 1 saturated heterocycles. The summed E-state index contributed by atoms with van der Waals surface area (Å²) in [6.45, 7) is 0.113. The molecule has 146 valence electrons. The predicted molar refractivity (Wildman–Crippen MR) is 122 cm³/mol. The van der Waals surface area contributed by atoms with Gasteiger partial charge in [0.1, 0.15) is 23.7 Å². The van der Waals surface area contributed by atoms with Crippen molar-refractivity contribution < 1.29 is 23.5 Å². The van der Waals surface area contributed by atoms with E-state index in [0.717, 1.165) is 24.2 Å². The van der Waals surface area contributed by atoms with E-state index in [9.17, 15) is 18.8 Å². The van der Waals surface area contributed by atoms with Crippen LogP contribution in [0.1, 0.15) is 5.56 Å². The molecule has 3 rings (SSSR count). The number of barbiturate groups is 1. The van der Waals surface area contributed by atoms with Gasteiger partial charge in [0.2, 0.25) is 0 Å². The molecule has 0 aliphatic carbocycles. The Kier molecular flexibility index (Phi) is 6.53. The number of terminal acetylenes is 1. The number of halogens is 3. The van der Waals surface area contributed by atoms with E-state index in [2.05, 4.69) is 56.4 Å². The largest absolute Gasteiger partial charge is 0.479 e. The second kappa shape index (κ2) is 8.91. The third kappa shape index (κ3) is 4.59. The zero-order valence-corrected chi connectivity index (χ0v) is 18.9. The lowest BCUT2D eigenvalue weighted by atomic mass is 10.1. The molecule has 2 aromatic carbocycles. The third-order valence-corrected chi connectivity index (χ3v) is 5.42. The number of hydrogen-bond acceptors (Lipinski definition) is 4. The second-order valence-electron chi connectivity index (χ2n) is 5.74. The van der Waals surface area contributed by atoms with E-state index in [1.165, 1.54) is 18.2 Å². The second-order valence-corrected chi connectivity index (χ2v) is 8.07. The van der Waals surface area contributed by atoms with E-state index < -0.39 is 23.7 Å². The number of nitrogens with zero attached hydrogens (tertiary/aromatic N) is 1. The van der Waals surface area contributed by atoms with Gasteiger partial charge in [-0.05, 0) is 93.2 Å². The fraction of sp³-hybridized carbons (Fsp3) is 0.0500. The number of benzene rings is 2. The molecule has 1 heterocycles. The quantitative estimate of drug-likeness (QED) is 0.246. The van der Waals surface area contributed by atoms with Crippen molar-refractivity contribution in [3.05, 3.63) is 60.5 Å². The standard InChI is InChI=1S/C20H11FI2N2O4/c1-2-7-29-17-15(22)9-11(10-16(17)23)8-14-18(26)24-20(28)25(19(14)27)13-5-3-12(21)4-6-13/h1,3-6,8-10H,7H2,(H,24,26,28). The third-order valence-electron chi connectivity index (χ3n) is 3.82. The summed E-state index contributed by atoms with van der Waals surface area (Å²) >= 11 is 4.13. The Morgan fingerprint density at radius 1 is 1.14 bits per heavy atom. The molecule has 0 radical (unpaired) electrons. The molecule has 1 N–H and O–H groups in total. The van der Waals surface area contributed by atoms with Gasteiger partial charge in [-0.25, -0.2) is 14.1 Å². The van der Waals surface area contributed by atoms with Crippen LogP contribution in [0.3, 0.4) is 0 Å². The van der Waals surface area contributed by atoms with Crippen molar-refractivity contribution in [3.8, 4) is 18.1 Å². The van der Waals surface area contributed by atoms with Crippen LogP contribution < -0.4 is 15.0 Å². The molecule has 0 bridgehead atoms. The minimum absolute atomic E-state index is 0.113. The Balaban J connectivity index is 1.98. The smallest absolute Gasteiger partial charge is 0.335 e. The summed E-state index contributed by atoms with van der Waals surface area (Å²) in [7, 11) is 0. The fourth-order valence-electron chi connectivity index (χ4n) is 2.56. The van der Waals surface area contributed by atoms with Gasteiger partial charge in [0.15, 0.2) is 0 Å². The average molecular weight is 616 g/mol. The summed E-state index contributed by atoms with van der Waals surface area (Å²) in [6, 6.07) is 7.35. The van der Waals surface area contributed by atoms with E-state index in [1.807, 2.05) is 0 Å². The number of urea groups is 1.